The molecule has 3 aliphatic rings. The average Bonchev–Trinajstić information content (AvgIpc) is 3.43. The summed E-state index contributed by atoms with van der Waals surface area (Å²) in [6, 6.07) is 0.327. The van der Waals surface area contributed by atoms with Crippen LogP contribution in [0.3, 0.4) is 0 Å². The van der Waals surface area contributed by atoms with E-state index in [1.807, 2.05) is 15.8 Å². The van der Waals surface area contributed by atoms with Gasteiger partial charge in [-0.2, -0.15) is 13.2 Å². The summed E-state index contributed by atoms with van der Waals surface area (Å²) in [7, 11) is 0. The molecule has 9 nitrogen and oxygen atoms in total. The Bertz CT molecular complexity index is 865. The number of carboxylic acid groups (broad SMARTS) is 1. The monoisotopic (exact) mass is 487 g/mol. The fourth-order valence-corrected chi connectivity index (χ4v) is 4.50. The van der Waals surface area contributed by atoms with Gasteiger partial charge >= 0.3 is 12.1 Å². The average molecular weight is 488 g/mol. The summed E-state index contributed by atoms with van der Waals surface area (Å²) in [6.45, 7) is 4.02. The molecule has 4 rings (SSSR count). The molecule has 1 aromatic heterocycles. The minimum absolute atomic E-state index is 0.203. The molecular formula is C22H32F3N5O4. The molecule has 0 saturated carbocycles. The highest BCUT2D eigenvalue weighted by Gasteiger charge is 2.38. The number of aliphatic hydroxyl groups excluding tert-OH is 1. The lowest BCUT2D eigenvalue weighted by Crippen LogP contribution is -2.39. The van der Waals surface area contributed by atoms with Crippen molar-refractivity contribution in [1.29, 1.82) is 0 Å². The number of carbonyl (C=O) groups excluding carboxylic acids is 1. The van der Waals surface area contributed by atoms with Crippen LogP contribution in [0.25, 0.3) is 0 Å². The summed E-state index contributed by atoms with van der Waals surface area (Å²) in [5.74, 6) is -2.47. The number of aliphatic carboxylic acids is 1. The van der Waals surface area contributed by atoms with Crippen LogP contribution in [0.2, 0.25) is 0 Å². The summed E-state index contributed by atoms with van der Waals surface area (Å²) in [6.07, 6.45) is 7.08. The first kappa shape index (κ1) is 26.1. The Morgan fingerprint density at radius 2 is 1.82 bits per heavy atom. The third-order valence-corrected chi connectivity index (χ3v) is 6.39. The molecule has 1 atom stereocenters. The number of alkyl halides is 3. The van der Waals surface area contributed by atoms with E-state index in [9.17, 15) is 23.1 Å². The van der Waals surface area contributed by atoms with E-state index in [-0.39, 0.29) is 12.0 Å². The molecule has 2 fully saturated rings. The van der Waals surface area contributed by atoms with Gasteiger partial charge in [-0.15, -0.1) is 5.10 Å². The molecule has 2 saturated heterocycles. The number of amides is 1. The molecule has 12 heteroatoms. The fourth-order valence-electron chi connectivity index (χ4n) is 4.50. The Morgan fingerprint density at radius 1 is 1.12 bits per heavy atom. The molecule has 0 spiro atoms. The van der Waals surface area contributed by atoms with Crippen LogP contribution in [-0.4, -0.2) is 85.3 Å². The highest BCUT2D eigenvalue weighted by Crippen LogP contribution is 2.25. The minimum Gasteiger partial charge on any atom is -0.475 e. The van der Waals surface area contributed by atoms with E-state index in [1.165, 1.54) is 18.4 Å². The fraction of sp³-hybridized carbons (Fsp3) is 0.727. The standard InChI is InChI=1S/C20H31N5O2.C2HF3O2/c26-19-8-9-23(15-19)13-17-14-25(22-21-17)18-6-10-24(11-7-18)20(27)12-16-4-2-1-3-5-16;3-2(4,5)1(6)7/h4,14,18-19,26H,1-3,5-13,15H2;(H,6,7)/t19-;/m0./s1. The quantitative estimate of drug-likeness (QED) is 0.614. The van der Waals surface area contributed by atoms with E-state index in [2.05, 4.69) is 21.3 Å². The van der Waals surface area contributed by atoms with Crippen molar-refractivity contribution in [2.45, 2.75) is 76.2 Å². The number of aromatic nitrogens is 3. The van der Waals surface area contributed by atoms with Gasteiger partial charge in [0, 0.05) is 39.1 Å². The summed E-state index contributed by atoms with van der Waals surface area (Å²) >= 11 is 0. The topological polar surface area (TPSA) is 112 Å². The molecule has 0 bridgehead atoms. The highest BCUT2D eigenvalue weighted by molar-refractivity contribution is 5.78. The van der Waals surface area contributed by atoms with E-state index in [0.29, 0.717) is 12.5 Å². The van der Waals surface area contributed by atoms with Crippen LogP contribution < -0.4 is 0 Å². The van der Waals surface area contributed by atoms with Crippen molar-refractivity contribution in [2.75, 3.05) is 26.2 Å². The molecule has 2 aliphatic heterocycles. The third kappa shape index (κ3) is 7.79. The van der Waals surface area contributed by atoms with Crippen molar-refractivity contribution in [1.82, 2.24) is 24.8 Å². The van der Waals surface area contributed by atoms with Crippen molar-refractivity contribution in [3.05, 3.63) is 23.5 Å². The van der Waals surface area contributed by atoms with Gasteiger partial charge in [0.05, 0.1) is 24.0 Å². The molecule has 3 heterocycles. The van der Waals surface area contributed by atoms with Crippen molar-refractivity contribution < 1.29 is 33.0 Å². The number of likely N-dealkylation sites (tertiary alicyclic amines) is 2. The normalized spacial score (nSPS) is 22.2. The first-order chi connectivity index (χ1) is 16.1. The van der Waals surface area contributed by atoms with Gasteiger partial charge in [0.1, 0.15) is 0 Å². The van der Waals surface area contributed by atoms with E-state index in [0.717, 1.165) is 70.5 Å². The second kappa shape index (κ2) is 11.8. The van der Waals surface area contributed by atoms with Gasteiger partial charge in [0.15, 0.2) is 0 Å². The smallest absolute Gasteiger partial charge is 0.475 e. The van der Waals surface area contributed by atoms with E-state index < -0.39 is 12.1 Å². The molecule has 34 heavy (non-hydrogen) atoms. The minimum atomic E-state index is -5.08. The Morgan fingerprint density at radius 3 is 2.38 bits per heavy atom. The summed E-state index contributed by atoms with van der Waals surface area (Å²) < 4.78 is 33.7. The van der Waals surface area contributed by atoms with E-state index >= 15 is 0 Å². The largest absolute Gasteiger partial charge is 0.490 e. The Hall–Kier alpha value is -2.47. The molecule has 0 aromatic carbocycles. The Kier molecular flexibility index (Phi) is 9.06. The summed E-state index contributed by atoms with van der Waals surface area (Å²) in [4.78, 5) is 25.7. The van der Waals surface area contributed by atoms with Crippen LogP contribution in [0.15, 0.2) is 17.8 Å². The maximum atomic E-state index is 12.6. The number of aliphatic hydroxyl groups is 1. The Labute approximate surface area is 196 Å². The van der Waals surface area contributed by atoms with Crippen LogP contribution in [0.4, 0.5) is 13.2 Å². The van der Waals surface area contributed by atoms with Crippen molar-refractivity contribution >= 4 is 11.9 Å². The second-order valence-electron chi connectivity index (χ2n) is 9.07. The molecule has 1 amide bonds. The van der Waals surface area contributed by atoms with Gasteiger partial charge in [-0.1, -0.05) is 16.9 Å². The molecule has 190 valence electrons. The van der Waals surface area contributed by atoms with Gasteiger partial charge in [-0.05, 0) is 44.9 Å². The van der Waals surface area contributed by atoms with Crippen LogP contribution in [0, 0.1) is 0 Å². The predicted octanol–water partition coefficient (Wildman–Crippen LogP) is 2.53. The number of allylic oxidation sites excluding steroid dienone is 1. The number of hydrogen-bond acceptors (Lipinski definition) is 6. The third-order valence-electron chi connectivity index (χ3n) is 6.39. The number of piperidine rings is 1. The molecule has 0 radical (unpaired) electrons. The van der Waals surface area contributed by atoms with Gasteiger partial charge in [0.2, 0.25) is 5.91 Å². The lowest BCUT2D eigenvalue weighted by Gasteiger charge is -2.32. The lowest BCUT2D eigenvalue weighted by molar-refractivity contribution is -0.192. The van der Waals surface area contributed by atoms with Crippen LogP contribution in [0.1, 0.15) is 63.1 Å². The van der Waals surface area contributed by atoms with Gasteiger partial charge in [-0.3, -0.25) is 9.69 Å². The Balaban J connectivity index is 0.000000406. The number of halogens is 3. The van der Waals surface area contributed by atoms with Crippen molar-refractivity contribution in [3.8, 4) is 0 Å². The zero-order chi connectivity index (χ0) is 24.7. The zero-order valence-corrected chi connectivity index (χ0v) is 19.1. The SMILES string of the molecule is O=C(CC1=CCCCC1)N1CCC(n2cc(CN3CC[C@H](O)C3)nn2)CC1.O=C(O)C(F)(F)F. The van der Waals surface area contributed by atoms with Crippen LogP contribution in [-0.2, 0) is 16.1 Å². The van der Waals surface area contributed by atoms with Crippen LogP contribution >= 0.6 is 0 Å². The van der Waals surface area contributed by atoms with Gasteiger partial charge < -0.3 is 15.1 Å². The maximum absolute atomic E-state index is 12.6. The second-order valence-corrected chi connectivity index (χ2v) is 9.07. The number of carboxylic acids is 1. The first-order valence-corrected chi connectivity index (χ1v) is 11.7. The molecule has 1 aromatic rings. The molecule has 2 N–H and O–H groups in total. The van der Waals surface area contributed by atoms with E-state index in [4.69, 9.17) is 9.90 Å². The maximum Gasteiger partial charge on any atom is 0.490 e. The molecule has 0 unspecified atom stereocenters. The predicted molar refractivity (Wildman–Crippen MR) is 116 cm³/mol. The molecular weight excluding hydrogens is 455 g/mol. The lowest BCUT2D eigenvalue weighted by atomic mass is 9.96. The summed E-state index contributed by atoms with van der Waals surface area (Å²) in [5.41, 5.74) is 2.30. The van der Waals surface area contributed by atoms with Gasteiger partial charge in [-0.25, -0.2) is 9.48 Å². The molecule has 1 aliphatic carbocycles. The number of nitrogens with zero attached hydrogens (tertiary/aromatic N) is 5. The van der Waals surface area contributed by atoms with Crippen LogP contribution in [0.5, 0.6) is 0 Å². The number of hydrogen-bond donors (Lipinski definition) is 2. The zero-order valence-electron chi connectivity index (χ0n) is 19.1. The van der Waals surface area contributed by atoms with Crippen molar-refractivity contribution in [3.63, 3.8) is 0 Å². The number of carbonyl (C=O) groups is 2. The first-order valence-electron chi connectivity index (χ1n) is 11.7. The van der Waals surface area contributed by atoms with Gasteiger partial charge in [0.25, 0.3) is 0 Å². The number of β-amino-alcohol motifs (C(OH)–C–C–N with tert-alkyl or cyclic N) is 1. The summed E-state index contributed by atoms with van der Waals surface area (Å²) in [5, 5.41) is 25.4. The van der Waals surface area contributed by atoms with E-state index in [1.54, 1.807) is 0 Å². The number of rotatable bonds is 5. The van der Waals surface area contributed by atoms with Crippen molar-refractivity contribution in [2.24, 2.45) is 0 Å². The highest BCUT2D eigenvalue weighted by atomic mass is 19.4.